The van der Waals surface area contributed by atoms with Crippen molar-refractivity contribution in [2.24, 2.45) is 0 Å². The molecule has 0 aliphatic carbocycles. The average molecular weight is 366 g/mol. The number of anilines is 3. The van der Waals surface area contributed by atoms with Crippen molar-refractivity contribution in [3.8, 4) is 10.6 Å². The third kappa shape index (κ3) is 3.68. The summed E-state index contributed by atoms with van der Waals surface area (Å²) in [6, 6.07) is 1.86. The molecular formula is C15H13F3N6S. The number of alkyl halides is 3. The lowest BCUT2D eigenvalue weighted by Gasteiger charge is -2.13. The predicted molar refractivity (Wildman–Crippen MR) is 89.9 cm³/mol. The Labute approximate surface area is 145 Å². The van der Waals surface area contributed by atoms with E-state index in [0.717, 1.165) is 22.3 Å². The largest absolute Gasteiger partial charge is 0.421 e. The molecule has 0 spiro atoms. The van der Waals surface area contributed by atoms with E-state index in [4.69, 9.17) is 0 Å². The zero-order valence-electron chi connectivity index (χ0n) is 13.2. The third-order valence-corrected chi connectivity index (χ3v) is 4.17. The van der Waals surface area contributed by atoms with Crippen molar-refractivity contribution < 1.29 is 13.2 Å². The van der Waals surface area contributed by atoms with Crippen molar-refractivity contribution in [2.45, 2.75) is 13.1 Å². The van der Waals surface area contributed by atoms with Crippen LogP contribution in [-0.2, 0) is 6.18 Å². The van der Waals surface area contributed by atoms with Gasteiger partial charge in [-0.15, -0.1) is 11.3 Å². The van der Waals surface area contributed by atoms with Crippen molar-refractivity contribution in [3.63, 3.8) is 0 Å². The number of halogens is 3. The summed E-state index contributed by atoms with van der Waals surface area (Å²) in [6.07, 6.45) is -0.470. The van der Waals surface area contributed by atoms with E-state index in [-0.39, 0.29) is 11.8 Å². The number of aryl methyl sites for hydroxylation is 1. The number of thiazole rings is 1. The number of rotatable bonds is 4. The van der Waals surface area contributed by atoms with Crippen LogP contribution in [0.15, 0.2) is 30.2 Å². The summed E-state index contributed by atoms with van der Waals surface area (Å²) in [5, 5.41) is 5.33. The second kappa shape index (κ2) is 6.63. The zero-order valence-corrected chi connectivity index (χ0v) is 14.0. The molecule has 0 bridgehead atoms. The number of hydrogen-bond acceptors (Lipinski definition) is 7. The second-order valence-corrected chi connectivity index (χ2v) is 5.97. The molecule has 0 saturated heterocycles. The SMILES string of the molecule is CNc1nc(Nc2cnc(-c3cncs3)cc2C)ncc1C(F)(F)F. The number of nitrogens with one attached hydrogen (secondary N) is 2. The van der Waals surface area contributed by atoms with Crippen molar-refractivity contribution in [2.75, 3.05) is 17.7 Å². The molecule has 0 saturated carbocycles. The number of pyridine rings is 1. The van der Waals surface area contributed by atoms with E-state index in [0.29, 0.717) is 5.69 Å². The fourth-order valence-electron chi connectivity index (χ4n) is 2.12. The van der Waals surface area contributed by atoms with Gasteiger partial charge in [-0.1, -0.05) is 0 Å². The van der Waals surface area contributed by atoms with E-state index in [2.05, 4.69) is 30.6 Å². The molecular weight excluding hydrogens is 353 g/mol. The van der Waals surface area contributed by atoms with Crippen molar-refractivity contribution in [1.82, 2.24) is 19.9 Å². The van der Waals surface area contributed by atoms with Gasteiger partial charge in [0.25, 0.3) is 0 Å². The lowest BCUT2D eigenvalue weighted by molar-refractivity contribution is -0.137. The van der Waals surface area contributed by atoms with Crippen LogP contribution >= 0.6 is 11.3 Å². The molecule has 6 nitrogen and oxygen atoms in total. The van der Waals surface area contributed by atoms with E-state index in [1.807, 2.05) is 13.0 Å². The fourth-order valence-corrected chi connectivity index (χ4v) is 2.71. The number of nitrogens with zero attached hydrogens (tertiary/aromatic N) is 4. The van der Waals surface area contributed by atoms with Gasteiger partial charge in [-0.2, -0.15) is 18.2 Å². The van der Waals surface area contributed by atoms with Gasteiger partial charge in [-0.3, -0.25) is 9.97 Å². The van der Waals surface area contributed by atoms with E-state index in [1.54, 1.807) is 17.9 Å². The fraction of sp³-hybridized carbons (Fsp3) is 0.200. The van der Waals surface area contributed by atoms with Gasteiger partial charge < -0.3 is 10.6 Å². The van der Waals surface area contributed by atoms with Crippen LogP contribution in [0.25, 0.3) is 10.6 Å². The first kappa shape index (κ1) is 17.1. The minimum absolute atomic E-state index is 0.0489. The summed E-state index contributed by atoms with van der Waals surface area (Å²) in [6.45, 7) is 1.86. The van der Waals surface area contributed by atoms with Crippen molar-refractivity contribution >= 4 is 28.8 Å². The lowest BCUT2D eigenvalue weighted by atomic mass is 10.2. The summed E-state index contributed by atoms with van der Waals surface area (Å²) in [4.78, 5) is 16.9. The molecule has 0 radical (unpaired) electrons. The van der Waals surface area contributed by atoms with Crippen molar-refractivity contribution in [1.29, 1.82) is 0 Å². The highest BCUT2D eigenvalue weighted by atomic mass is 32.1. The van der Waals surface area contributed by atoms with E-state index in [1.165, 1.54) is 18.4 Å². The molecule has 3 aromatic heterocycles. The zero-order chi connectivity index (χ0) is 18.0. The molecule has 2 N–H and O–H groups in total. The van der Waals surface area contributed by atoms with Gasteiger partial charge in [-0.25, -0.2) is 4.98 Å². The first-order chi connectivity index (χ1) is 11.9. The van der Waals surface area contributed by atoms with Crippen LogP contribution in [0.1, 0.15) is 11.1 Å². The smallest absolute Gasteiger partial charge is 0.372 e. The van der Waals surface area contributed by atoms with Crippen LogP contribution in [0.2, 0.25) is 0 Å². The molecule has 10 heteroatoms. The highest BCUT2D eigenvalue weighted by Crippen LogP contribution is 2.34. The molecule has 0 atom stereocenters. The van der Waals surface area contributed by atoms with Crippen molar-refractivity contribution in [3.05, 3.63) is 41.3 Å². The van der Waals surface area contributed by atoms with Gasteiger partial charge in [0.1, 0.15) is 11.4 Å². The van der Waals surface area contributed by atoms with Crippen LogP contribution in [0, 0.1) is 6.92 Å². The summed E-state index contributed by atoms with van der Waals surface area (Å²) in [5.41, 5.74) is 3.03. The maximum absolute atomic E-state index is 12.9. The third-order valence-electron chi connectivity index (χ3n) is 3.37. The quantitative estimate of drug-likeness (QED) is 0.724. The monoisotopic (exact) mass is 366 g/mol. The summed E-state index contributed by atoms with van der Waals surface area (Å²) in [5.74, 6) is -0.246. The molecule has 3 heterocycles. The average Bonchev–Trinajstić information content (AvgIpc) is 3.10. The Kier molecular flexibility index (Phi) is 4.53. The van der Waals surface area contributed by atoms with Crippen LogP contribution in [0.3, 0.4) is 0 Å². The predicted octanol–water partition coefficient (Wildman–Crippen LogP) is 4.11. The normalized spacial score (nSPS) is 11.4. The van der Waals surface area contributed by atoms with Crippen LogP contribution in [-0.4, -0.2) is 27.0 Å². The molecule has 3 aromatic rings. The summed E-state index contributed by atoms with van der Waals surface area (Å²) >= 11 is 1.47. The maximum Gasteiger partial charge on any atom is 0.421 e. The van der Waals surface area contributed by atoms with Gasteiger partial charge in [-0.05, 0) is 18.6 Å². The minimum Gasteiger partial charge on any atom is -0.372 e. The Balaban J connectivity index is 1.87. The van der Waals surface area contributed by atoms with Gasteiger partial charge in [0.2, 0.25) is 5.95 Å². The Morgan fingerprint density at radius 2 is 1.92 bits per heavy atom. The Morgan fingerprint density at radius 1 is 1.12 bits per heavy atom. The Hall–Kier alpha value is -2.75. The van der Waals surface area contributed by atoms with E-state index >= 15 is 0 Å². The first-order valence-corrected chi connectivity index (χ1v) is 8.01. The minimum atomic E-state index is -4.52. The van der Waals surface area contributed by atoms with Gasteiger partial charge in [0.15, 0.2) is 0 Å². The summed E-state index contributed by atoms with van der Waals surface area (Å²) in [7, 11) is 1.37. The highest BCUT2D eigenvalue weighted by molar-refractivity contribution is 7.13. The van der Waals surface area contributed by atoms with Gasteiger partial charge in [0, 0.05) is 19.4 Å². The second-order valence-electron chi connectivity index (χ2n) is 5.08. The number of aromatic nitrogens is 4. The van der Waals surface area contributed by atoms with E-state index in [9.17, 15) is 13.2 Å². The van der Waals surface area contributed by atoms with Gasteiger partial charge in [0.05, 0.1) is 28.0 Å². The van der Waals surface area contributed by atoms with Gasteiger partial charge >= 0.3 is 6.18 Å². The van der Waals surface area contributed by atoms with Crippen LogP contribution < -0.4 is 10.6 Å². The lowest BCUT2D eigenvalue weighted by Crippen LogP contribution is -2.12. The molecule has 25 heavy (non-hydrogen) atoms. The molecule has 0 fully saturated rings. The van der Waals surface area contributed by atoms with E-state index < -0.39 is 11.7 Å². The highest BCUT2D eigenvalue weighted by Gasteiger charge is 2.35. The molecule has 0 aliphatic rings. The molecule has 0 amide bonds. The number of hydrogen-bond donors (Lipinski definition) is 2. The standard InChI is InChI=1S/C15H13F3N6S/c1-8-3-10(12-6-20-7-25-12)21-5-11(8)23-14-22-4-9(15(16,17)18)13(19-2)24-14/h3-7H,1-2H3,(H2,19,22,23,24). The molecule has 0 aromatic carbocycles. The molecule has 130 valence electrons. The molecule has 0 unspecified atom stereocenters. The topological polar surface area (TPSA) is 75.6 Å². The van der Waals surface area contributed by atoms with Crippen LogP contribution in [0.5, 0.6) is 0 Å². The molecule has 0 aliphatic heterocycles. The first-order valence-electron chi connectivity index (χ1n) is 7.13. The Bertz CT molecular complexity index is 879. The molecule has 3 rings (SSSR count). The summed E-state index contributed by atoms with van der Waals surface area (Å²) < 4.78 is 38.6. The van der Waals surface area contributed by atoms with Crippen LogP contribution in [0.4, 0.5) is 30.6 Å². The maximum atomic E-state index is 12.9. The Morgan fingerprint density at radius 3 is 2.52 bits per heavy atom.